The third-order valence-corrected chi connectivity index (χ3v) is 2.74. The average molecular weight is 218 g/mol. The molecule has 0 unspecified atom stereocenters. The zero-order valence-electron chi connectivity index (χ0n) is 8.19. The highest BCUT2D eigenvalue weighted by molar-refractivity contribution is 7.80. The number of hydrogen-bond donors (Lipinski definition) is 2. The molecule has 0 atom stereocenters. The van der Waals surface area contributed by atoms with E-state index in [1.54, 1.807) is 6.07 Å². The van der Waals surface area contributed by atoms with E-state index in [1.807, 2.05) is 31.2 Å². The van der Waals surface area contributed by atoms with Crippen molar-refractivity contribution in [3.63, 3.8) is 0 Å². The molecule has 0 amide bonds. The summed E-state index contributed by atoms with van der Waals surface area (Å²) in [5, 5.41) is 10.8. The Morgan fingerprint density at radius 2 is 2.00 bits per heavy atom. The van der Waals surface area contributed by atoms with E-state index in [0.717, 1.165) is 16.3 Å². The van der Waals surface area contributed by atoms with Gasteiger partial charge in [0.05, 0.1) is 5.56 Å². The molecule has 15 heavy (non-hydrogen) atoms. The van der Waals surface area contributed by atoms with Crippen LogP contribution in [0.5, 0.6) is 0 Å². The van der Waals surface area contributed by atoms with E-state index >= 15 is 0 Å². The molecule has 0 aromatic heterocycles. The van der Waals surface area contributed by atoms with Gasteiger partial charge in [0.25, 0.3) is 0 Å². The van der Waals surface area contributed by atoms with Crippen LogP contribution in [0.25, 0.3) is 10.8 Å². The number of hydrogen-bond acceptors (Lipinski definition) is 2. The molecular formula is C12H10O2S. The third-order valence-electron chi connectivity index (χ3n) is 2.37. The van der Waals surface area contributed by atoms with Crippen molar-refractivity contribution in [1.29, 1.82) is 0 Å². The number of rotatable bonds is 1. The van der Waals surface area contributed by atoms with Crippen molar-refractivity contribution in [3.8, 4) is 0 Å². The minimum Gasteiger partial charge on any atom is -0.478 e. The molecule has 3 heteroatoms. The highest BCUT2D eigenvalue weighted by Gasteiger charge is 2.11. The Labute approximate surface area is 93.0 Å². The Morgan fingerprint density at radius 1 is 1.27 bits per heavy atom. The predicted molar refractivity (Wildman–Crippen MR) is 62.9 cm³/mol. The molecule has 0 aliphatic rings. The van der Waals surface area contributed by atoms with E-state index in [2.05, 4.69) is 12.6 Å². The lowest BCUT2D eigenvalue weighted by Crippen LogP contribution is -1.99. The zero-order valence-corrected chi connectivity index (χ0v) is 9.08. The number of carboxylic acid groups (broad SMARTS) is 1. The van der Waals surface area contributed by atoms with E-state index in [0.29, 0.717) is 4.90 Å². The van der Waals surface area contributed by atoms with E-state index in [1.165, 1.54) is 0 Å². The summed E-state index contributed by atoms with van der Waals surface area (Å²) in [6.45, 7) is 1.98. The summed E-state index contributed by atoms with van der Waals surface area (Å²) < 4.78 is 0. The van der Waals surface area contributed by atoms with Gasteiger partial charge in [-0.05, 0) is 23.8 Å². The Kier molecular flexibility index (Phi) is 2.40. The maximum atomic E-state index is 11.1. The second-order valence-electron chi connectivity index (χ2n) is 3.49. The van der Waals surface area contributed by atoms with Crippen LogP contribution in [0.4, 0.5) is 0 Å². The van der Waals surface area contributed by atoms with E-state index < -0.39 is 5.97 Å². The summed E-state index contributed by atoms with van der Waals surface area (Å²) in [7, 11) is 0. The number of carbonyl (C=O) groups is 1. The van der Waals surface area contributed by atoms with Crippen molar-refractivity contribution in [3.05, 3.63) is 41.5 Å². The maximum Gasteiger partial charge on any atom is 0.337 e. The van der Waals surface area contributed by atoms with Crippen molar-refractivity contribution in [2.24, 2.45) is 0 Å². The molecule has 0 radical (unpaired) electrons. The van der Waals surface area contributed by atoms with Gasteiger partial charge in [0.15, 0.2) is 0 Å². The smallest absolute Gasteiger partial charge is 0.337 e. The fourth-order valence-corrected chi connectivity index (χ4v) is 1.95. The molecule has 2 aromatic carbocycles. The van der Waals surface area contributed by atoms with Crippen LogP contribution in [0, 0.1) is 6.92 Å². The summed E-state index contributed by atoms with van der Waals surface area (Å²) in [6.07, 6.45) is 0. The average Bonchev–Trinajstić information content (AvgIpc) is 2.17. The first kappa shape index (κ1) is 10.1. The lowest BCUT2D eigenvalue weighted by Gasteiger charge is -2.06. The molecule has 0 heterocycles. The second kappa shape index (κ2) is 3.59. The number of benzene rings is 2. The van der Waals surface area contributed by atoms with E-state index in [4.69, 9.17) is 5.11 Å². The lowest BCUT2D eigenvalue weighted by molar-refractivity contribution is 0.0695. The Balaban J connectivity index is 2.88. The van der Waals surface area contributed by atoms with Crippen LogP contribution >= 0.6 is 12.6 Å². The highest BCUT2D eigenvalue weighted by atomic mass is 32.1. The van der Waals surface area contributed by atoms with Gasteiger partial charge in [-0.25, -0.2) is 4.79 Å². The molecule has 0 saturated heterocycles. The van der Waals surface area contributed by atoms with Crippen molar-refractivity contribution in [2.45, 2.75) is 11.8 Å². The van der Waals surface area contributed by atoms with Gasteiger partial charge in [-0.1, -0.05) is 29.8 Å². The molecule has 0 spiro atoms. The molecule has 0 aliphatic carbocycles. The van der Waals surface area contributed by atoms with Gasteiger partial charge in [0, 0.05) is 4.90 Å². The van der Waals surface area contributed by atoms with Gasteiger partial charge in [-0.2, -0.15) is 0 Å². The first-order valence-corrected chi connectivity index (χ1v) is 5.00. The number of aryl methyl sites for hydroxylation is 1. The minimum atomic E-state index is -0.936. The van der Waals surface area contributed by atoms with Gasteiger partial charge in [-0.3, -0.25) is 0 Å². The van der Waals surface area contributed by atoms with Gasteiger partial charge in [-0.15, -0.1) is 12.6 Å². The second-order valence-corrected chi connectivity index (χ2v) is 3.97. The molecule has 0 saturated carbocycles. The molecule has 2 aromatic rings. The first-order valence-electron chi connectivity index (χ1n) is 4.55. The van der Waals surface area contributed by atoms with Crippen LogP contribution < -0.4 is 0 Å². The number of fused-ring (bicyclic) bond motifs is 1. The SMILES string of the molecule is Cc1ccc2c(C(=O)O)c(S)ccc2c1. The summed E-state index contributed by atoms with van der Waals surface area (Å²) in [6, 6.07) is 9.30. The normalized spacial score (nSPS) is 10.5. The standard InChI is InChI=1S/C12H10O2S/c1-7-2-4-9-8(6-7)3-5-10(15)11(9)12(13)14/h2-6,15H,1H3,(H,13,14). The zero-order chi connectivity index (χ0) is 11.0. The number of thiol groups is 1. The summed E-state index contributed by atoms with van der Waals surface area (Å²) in [4.78, 5) is 11.6. The Hall–Kier alpha value is -1.48. The minimum absolute atomic E-state index is 0.274. The van der Waals surface area contributed by atoms with Crippen molar-refractivity contribution >= 4 is 29.4 Å². The predicted octanol–water partition coefficient (Wildman–Crippen LogP) is 3.14. The van der Waals surface area contributed by atoms with Crippen molar-refractivity contribution in [2.75, 3.05) is 0 Å². The first-order chi connectivity index (χ1) is 7.09. The Morgan fingerprint density at radius 3 is 2.67 bits per heavy atom. The van der Waals surface area contributed by atoms with Gasteiger partial charge in [0.1, 0.15) is 0 Å². The van der Waals surface area contributed by atoms with Crippen LogP contribution in [-0.2, 0) is 0 Å². The summed E-state index contributed by atoms with van der Waals surface area (Å²) in [5.74, 6) is -0.936. The van der Waals surface area contributed by atoms with Crippen LogP contribution in [0.1, 0.15) is 15.9 Å². The molecule has 0 fully saturated rings. The van der Waals surface area contributed by atoms with Crippen LogP contribution in [0.15, 0.2) is 35.2 Å². The topological polar surface area (TPSA) is 37.3 Å². The Bertz CT molecular complexity index is 547. The molecule has 76 valence electrons. The van der Waals surface area contributed by atoms with Crippen molar-refractivity contribution < 1.29 is 9.90 Å². The van der Waals surface area contributed by atoms with Crippen LogP contribution in [0.3, 0.4) is 0 Å². The molecule has 2 rings (SSSR count). The van der Waals surface area contributed by atoms with Crippen LogP contribution in [-0.4, -0.2) is 11.1 Å². The number of aromatic carboxylic acids is 1. The third kappa shape index (κ3) is 1.70. The largest absolute Gasteiger partial charge is 0.478 e. The van der Waals surface area contributed by atoms with Gasteiger partial charge >= 0.3 is 5.97 Å². The molecule has 1 N–H and O–H groups in total. The molecule has 0 bridgehead atoms. The molecule has 2 nitrogen and oxygen atoms in total. The maximum absolute atomic E-state index is 11.1. The highest BCUT2D eigenvalue weighted by Crippen LogP contribution is 2.25. The van der Waals surface area contributed by atoms with Crippen LogP contribution in [0.2, 0.25) is 0 Å². The lowest BCUT2D eigenvalue weighted by atomic mass is 10.0. The summed E-state index contributed by atoms with van der Waals surface area (Å²) in [5.41, 5.74) is 1.39. The van der Waals surface area contributed by atoms with Crippen molar-refractivity contribution in [1.82, 2.24) is 0 Å². The fourth-order valence-electron chi connectivity index (χ4n) is 1.66. The van der Waals surface area contributed by atoms with Gasteiger partial charge in [0.2, 0.25) is 0 Å². The number of carboxylic acids is 1. The van der Waals surface area contributed by atoms with E-state index in [-0.39, 0.29) is 5.56 Å². The summed E-state index contributed by atoms with van der Waals surface area (Å²) >= 11 is 4.16. The fraction of sp³-hybridized carbons (Fsp3) is 0.0833. The van der Waals surface area contributed by atoms with E-state index in [9.17, 15) is 4.79 Å². The molecule has 0 aliphatic heterocycles. The quantitative estimate of drug-likeness (QED) is 0.721. The molecular weight excluding hydrogens is 208 g/mol. The van der Waals surface area contributed by atoms with Gasteiger partial charge < -0.3 is 5.11 Å². The monoisotopic (exact) mass is 218 g/mol.